The van der Waals surface area contributed by atoms with Gasteiger partial charge in [-0.3, -0.25) is 9.69 Å². The average Bonchev–Trinajstić information content (AvgIpc) is 3.28. The first-order valence-corrected chi connectivity index (χ1v) is 9.74. The van der Waals surface area contributed by atoms with Crippen LogP contribution in [0.3, 0.4) is 0 Å². The van der Waals surface area contributed by atoms with Gasteiger partial charge in [0.1, 0.15) is 10.8 Å². The lowest BCUT2D eigenvalue weighted by Crippen LogP contribution is -2.53. The number of carboxylic acid groups (broad SMARTS) is 1. The predicted molar refractivity (Wildman–Crippen MR) is 105 cm³/mol. The highest BCUT2D eigenvalue weighted by molar-refractivity contribution is 7.09. The monoisotopic (exact) mass is 404 g/mol. The van der Waals surface area contributed by atoms with Crippen LogP contribution in [-0.4, -0.2) is 46.1 Å². The Hall–Kier alpha value is -2.45. The van der Waals surface area contributed by atoms with Gasteiger partial charge in [0.25, 0.3) is 5.91 Å². The molecule has 0 radical (unpaired) electrons. The van der Waals surface area contributed by atoms with E-state index in [0.29, 0.717) is 16.3 Å². The summed E-state index contributed by atoms with van der Waals surface area (Å²) in [6.45, 7) is 7.54. The number of aliphatic carboxylic acids is 1. The van der Waals surface area contributed by atoms with Crippen molar-refractivity contribution in [1.29, 1.82) is 0 Å². The van der Waals surface area contributed by atoms with E-state index in [1.54, 1.807) is 30.8 Å². The van der Waals surface area contributed by atoms with Crippen molar-refractivity contribution in [1.82, 2.24) is 9.88 Å². The summed E-state index contributed by atoms with van der Waals surface area (Å²) in [6, 6.07) is 5.20. The molecule has 0 bridgehead atoms. The minimum atomic E-state index is -1.50. The van der Waals surface area contributed by atoms with E-state index < -0.39 is 23.6 Å². The Kier molecular flexibility index (Phi) is 5.20. The van der Waals surface area contributed by atoms with Crippen LogP contribution in [0.5, 0.6) is 5.75 Å². The van der Waals surface area contributed by atoms with Crippen molar-refractivity contribution in [2.45, 2.75) is 44.9 Å². The molecule has 0 saturated carbocycles. The molecule has 28 heavy (non-hydrogen) atoms. The van der Waals surface area contributed by atoms with Crippen LogP contribution in [0, 0.1) is 0 Å². The standard InChI is InChI=1S/C20H24N2O5S/c1-19(2,3)13-7-6-12(10-14(13)26-5)16(23)22-17(15-21-8-9-28-15)27-11-20(22,4)18(24)25/h6-10,17H,11H2,1-5H3,(H,24,25). The molecule has 3 rings (SSSR count). The average molecular weight is 404 g/mol. The zero-order chi connectivity index (χ0) is 20.7. The van der Waals surface area contributed by atoms with Gasteiger partial charge in [-0.15, -0.1) is 11.3 Å². The summed E-state index contributed by atoms with van der Waals surface area (Å²) in [5.74, 6) is -0.985. The Labute approximate surface area is 167 Å². The number of rotatable bonds is 4. The molecule has 2 unspecified atom stereocenters. The number of carbonyl (C=O) groups is 2. The number of hydrogen-bond donors (Lipinski definition) is 1. The molecular weight excluding hydrogens is 380 g/mol. The maximum Gasteiger partial charge on any atom is 0.331 e. The van der Waals surface area contributed by atoms with Gasteiger partial charge in [0, 0.05) is 17.1 Å². The third-order valence-electron chi connectivity index (χ3n) is 4.89. The Morgan fingerprint density at radius 2 is 2.11 bits per heavy atom. The van der Waals surface area contributed by atoms with Gasteiger partial charge in [-0.05, 0) is 30.0 Å². The largest absolute Gasteiger partial charge is 0.496 e. The molecule has 150 valence electrons. The number of benzene rings is 1. The molecule has 1 aromatic heterocycles. The minimum Gasteiger partial charge on any atom is -0.496 e. The number of amides is 1. The molecule has 2 heterocycles. The topological polar surface area (TPSA) is 89.0 Å². The number of nitrogens with zero attached hydrogens (tertiary/aromatic N) is 2. The van der Waals surface area contributed by atoms with Crippen LogP contribution in [0.1, 0.15) is 54.9 Å². The summed E-state index contributed by atoms with van der Waals surface area (Å²) in [5.41, 5.74) is -0.363. The Morgan fingerprint density at radius 1 is 1.39 bits per heavy atom. The fraction of sp³-hybridized carbons (Fsp3) is 0.450. The van der Waals surface area contributed by atoms with Gasteiger partial charge in [0.15, 0.2) is 11.8 Å². The second kappa shape index (κ2) is 7.18. The van der Waals surface area contributed by atoms with Gasteiger partial charge in [0.05, 0.1) is 13.7 Å². The van der Waals surface area contributed by atoms with Crippen LogP contribution in [0.4, 0.5) is 0 Å². The minimum absolute atomic E-state index is 0.116. The van der Waals surface area contributed by atoms with E-state index in [-0.39, 0.29) is 12.0 Å². The van der Waals surface area contributed by atoms with Gasteiger partial charge in [-0.2, -0.15) is 0 Å². The van der Waals surface area contributed by atoms with Crippen LogP contribution in [0.25, 0.3) is 0 Å². The van der Waals surface area contributed by atoms with Crippen molar-refractivity contribution in [2.24, 2.45) is 0 Å². The highest BCUT2D eigenvalue weighted by atomic mass is 32.1. The smallest absolute Gasteiger partial charge is 0.331 e. The molecule has 1 saturated heterocycles. The highest BCUT2D eigenvalue weighted by Gasteiger charge is 2.53. The lowest BCUT2D eigenvalue weighted by atomic mass is 9.85. The fourth-order valence-electron chi connectivity index (χ4n) is 3.26. The maximum atomic E-state index is 13.4. The van der Waals surface area contributed by atoms with Crippen molar-refractivity contribution in [3.8, 4) is 5.75 Å². The molecule has 7 nitrogen and oxygen atoms in total. The zero-order valence-electron chi connectivity index (χ0n) is 16.6. The lowest BCUT2D eigenvalue weighted by molar-refractivity contribution is -0.147. The van der Waals surface area contributed by atoms with Crippen molar-refractivity contribution in [3.05, 3.63) is 45.9 Å². The van der Waals surface area contributed by atoms with Crippen molar-refractivity contribution < 1.29 is 24.2 Å². The number of hydrogen-bond acceptors (Lipinski definition) is 6. The quantitative estimate of drug-likeness (QED) is 0.839. The molecule has 0 spiro atoms. The van der Waals surface area contributed by atoms with Crippen LogP contribution in [-0.2, 0) is 14.9 Å². The van der Waals surface area contributed by atoms with Gasteiger partial charge in [-0.1, -0.05) is 26.8 Å². The van der Waals surface area contributed by atoms with Crippen LogP contribution < -0.4 is 4.74 Å². The summed E-state index contributed by atoms with van der Waals surface area (Å²) in [7, 11) is 1.55. The summed E-state index contributed by atoms with van der Waals surface area (Å²) < 4.78 is 11.2. The third-order valence-corrected chi connectivity index (χ3v) is 5.69. The molecule has 8 heteroatoms. The van der Waals surface area contributed by atoms with Crippen molar-refractivity contribution in [3.63, 3.8) is 0 Å². The molecule has 1 amide bonds. The normalized spacial score (nSPS) is 22.3. The molecule has 2 aromatic rings. The lowest BCUT2D eigenvalue weighted by Gasteiger charge is -2.32. The number of thiazole rings is 1. The van der Waals surface area contributed by atoms with E-state index in [1.807, 2.05) is 6.07 Å². The highest BCUT2D eigenvalue weighted by Crippen LogP contribution is 2.40. The van der Waals surface area contributed by atoms with Crippen LogP contribution in [0.2, 0.25) is 0 Å². The summed E-state index contributed by atoms with van der Waals surface area (Å²) >= 11 is 1.31. The van der Waals surface area contributed by atoms with E-state index in [0.717, 1.165) is 5.56 Å². The van der Waals surface area contributed by atoms with Crippen LogP contribution in [0.15, 0.2) is 29.8 Å². The first-order chi connectivity index (χ1) is 13.1. The van der Waals surface area contributed by atoms with Crippen LogP contribution >= 0.6 is 11.3 Å². The number of carboxylic acids is 1. The maximum absolute atomic E-state index is 13.4. The Bertz CT molecular complexity index is 890. The number of methoxy groups -OCH3 is 1. The van der Waals surface area contributed by atoms with Gasteiger partial charge >= 0.3 is 5.97 Å². The molecule has 1 aromatic carbocycles. The molecule has 1 aliphatic rings. The molecule has 2 atom stereocenters. The van der Waals surface area contributed by atoms with E-state index in [1.165, 1.54) is 23.2 Å². The van der Waals surface area contributed by atoms with Gasteiger partial charge in [0.2, 0.25) is 0 Å². The third kappa shape index (κ3) is 3.38. The summed E-state index contributed by atoms with van der Waals surface area (Å²) in [4.78, 5) is 30.9. The molecule has 1 fully saturated rings. The first kappa shape index (κ1) is 20.3. The number of aromatic nitrogens is 1. The second-order valence-corrected chi connectivity index (χ2v) is 8.88. The van der Waals surface area contributed by atoms with E-state index in [4.69, 9.17) is 9.47 Å². The summed E-state index contributed by atoms with van der Waals surface area (Å²) in [6.07, 6.45) is 0.755. The predicted octanol–water partition coefficient (Wildman–Crippen LogP) is 3.46. The van der Waals surface area contributed by atoms with Crippen molar-refractivity contribution >= 4 is 23.2 Å². The van der Waals surface area contributed by atoms with E-state index >= 15 is 0 Å². The van der Waals surface area contributed by atoms with E-state index in [2.05, 4.69) is 25.8 Å². The van der Waals surface area contributed by atoms with Gasteiger partial charge < -0.3 is 14.6 Å². The molecule has 1 N–H and O–H groups in total. The number of carbonyl (C=O) groups excluding carboxylic acids is 1. The van der Waals surface area contributed by atoms with Crippen molar-refractivity contribution in [2.75, 3.05) is 13.7 Å². The van der Waals surface area contributed by atoms with Gasteiger partial charge in [-0.25, -0.2) is 9.78 Å². The second-order valence-electron chi connectivity index (χ2n) is 7.95. The summed E-state index contributed by atoms with van der Waals surface area (Å²) in [5, 5.41) is 12.1. The Balaban J connectivity index is 2.06. The first-order valence-electron chi connectivity index (χ1n) is 8.86. The zero-order valence-corrected chi connectivity index (χ0v) is 17.4. The molecule has 0 aliphatic carbocycles. The molecule has 1 aliphatic heterocycles. The molecular formula is C20H24N2O5S. The Morgan fingerprint density at radius 3 is 2.64 bits per heavy atom. The fourth-order valence-corrected chi connectivity index (χ4v) is 3.93. The SMILES string of the molecule is COc1cc(C(=O)N2C(c3nccs3)OCC2(C)C(=O)O)ccc1C(C)(C)C. The van der Waals surface area contributed by atoms with E-state index in [9.17, 15) is 14.7 Å². The number of ether oxygens (including phenoxy) is 2.